The van der Waals surface area contributed by atoms with Crippen molar-refractivity contribution in [3.63, 3.8) is 0 Å². The highest BCUT2D eigenvalue weighted by Gasteiger charge is 2.19. The highest BCUT2D eigenvalue weighted by atomic mass is 16.4. The van der Waals surface area contributed by atoms with E-state index in [0.717, 1.165) is 16.7 Å². The van der Waals surface area contributed by atoms with Gasteiger partial charge in [0.15, 0.2) is 0 Å². The molecule has 0 unspecified atom stereocenters. The Labute approximate surface area is 105 Å². The Morgan fingerprint density at radius 1 is 1.39 bits per heavy atom. The predicted octanol–water partition coefficient (Wildman–Crippen LogP) is 3.22. The van der Waals surface area contributed by atoms with Gasteiger partial charge in [-0.15, -0.1) is 0 Å². The van der Waals surface area contributed by atoms with Crippen molar-refractivity contribution in [2.75, 3.05) is 0 Å². The summed E-state index contributed by atoms with van der Waals surface area (Å²) in [5.41, 5.74) is 3.43. The van der Waals surface area contributed by atoms with E-state index in [9.17, 15) is 4.79 Å². The smallest absolute Gasteiger partial charge is 0.373 e. The Balaban J connectivity index is 2.57. The lowest BCUT2D eigenvalue weighted by Crippen LogP contribution is -1.98. The van der Waals surface area contributed by atoms with Gasteiger partial charge >= 0.3 is 5.97 Å². The van der Waals surface area contributed by atoms with Crippen LogP contribution in [0.3, 0.4) is 0 Å². The summed E-state index contributed by atoms with van der Waals surface area (Å²) in [6.07, 6.45) is 0.538. The Hall–Kier alpha value is -2.10. The van der Waals surface area contributed by atoms with E-state index in [4.69, 9.17) is 9.52 Å². The molecule has 0 bridgehead atoms. The molecule has 0 fully saturated rings. The summed E-state index contributed by atoms with van der Waals surface area (Å²) in [7, 11) is 0. The van der Waals surface area contributed by atoms with Crippen LogP contribution in [0, 0.1) is 13.8 Å². The molecule has 0 aliphatic rings. The zero-order chi connectivity index (χ0) is 13.3. The third kappa shape index (κ3) is 2.14. The second kappa shape index (κ2) is 4.64. The topological polar surface area (TPSA) is 63.3 Å². The second-order valence-corrected chi connectivity index (χ2v) is 4.27. The first-order valence-electron chi connectivity index (χ1n) is 5.83. The number of aryl methyl sites for hydroxylation is 3. The van der Waals surface area contributed by atoms with Crippen LogP contribution in [-0.2, 0) is 6.42 Å². The lowest BCUT2D eigenvalue weighted by molar-refractivity contribution is 0.0662. The Morgan fingerprint density at radius 3 is 2.67 bits per heavy atom. The van der Waals surface area contributed by atoms with Crippen LogP contribution < -0.4 is 0 Å². The van der Waals surface area contributed by atoms with Gasteiger partial charge in [-0.05, 0) is 31.9 Å². The van der Waals surface area contributed by atoms with Gasteiger partial charge in [0.1, 0.15) is 0 Å². The van der Waals surface area contributed by atoms with Gasteiger partial charge in [0.05, 0.1) is 5.69 Å². The molecular weight excluding hydrogens is 230 g/mol. The molecule has 94 valence electrons. The highest BCUT2D eigenvalue weighted by molar-refractivity contribution is 5.86. The fraction of sp³-hybridized carbons (Fsp3) is 0.286. The first-order valence-corrected chi connectivity index (χ1v) is 5.83. The van der Waals surface area contributed by atoms with Gasteiger partial charge in [0.2, 0.25) is 11.7 Å². The van der Waals surface area contributed by atoms with E-state index in [1.807, 2.05) is 39.0 Å². The highest BCUT2D eigenvalue weighted by Crippen LogP contribution is 2.26. The monoisotopic (exact) mass is 245 g/mol. The van der Waals surface area contributed by atoms with Crippen LogP contribution in [-0.4, -0.2) is 16.1 Å². The molecule has 0 saturated heterocycles. The molecule has 1 heterocycles. The normalized spacial score (nSPS) is 10.6. The van der Waals surface area contributed by atoms with Gasteiger partial charge in [0, 0.05) is 5.56 Å². The van der Waals surface area contributed by atoms with Gasteiger partial charge in [-0.3, -0.25) is 0 Å². The van der Waals surface area contributed by atoms with Crippen LogP contribution >= 0.6 is 0 Å². The van der Waals surface area contributed by atoms with E-state index in [0.29, 0.717) is 18.0 Å². The third-order valence-electron chi connectivity index (χ3n) is 2.85. The number of hydrogen-bond donors (Lipinski definition) is 1. The summed E-state index contributed by atoms with van der Waals surface area (Å²) in [4.78, 5) is 15.3. The van der Waals surface area contributed by atoms with Crippen molar-refractivity contribution in [2.24, 2.45) is 0 Å². The maximum absolute atomic E-state index is 11.0. The fourth-order valence-electron chi connectivity index (χ4n) is 1.84. The molecule has 18 heavy (non-hydrogen) atoms. The summed E-state index contributed by atoms with van der Waals surface area (Å²) in [6.45, 7) is 5.78. The molecule has 0 aliphatic carbocycles. The quantitative estimate of drug-likeness (QED) is 0.901. The van der Waals surface area contributed by atoms with Gasteiger partial charge in [-0.25, -0.2) is 9.78 Å². The summed E-state index contributed by atoms with van der Waals surface area (Å²) >= 11 is 0. The van der Waals surface area contributed by atoms with Crippen LogP contribution in [0.5, 0.6) is 0 Å². The number of aromatic carboxylic acids is 1. The van der Waals surface area contributed by atoms with E-state index in [1.165, 1.54) is 0 Å². The molecule has 1 aromatic carbocycles. The van der Waals surface area contributed by atoms with Crippen LogP contribution in [0.25, 0.3) is 11.5 Å². The minimum absolute atomic E-state index is 0.0617. The lowest BCUT2D eigenvalue weighted by atomic mass is 10.1. The van der Waals surface area contributed by atoms with Crippen molar-refractivity contribution >= 4 is 5.97 Å². The van der Waals surface area contributed by atoms with Crippen LogP contribution in [0.2, 0.25) is 0 Å². The first kappa shape index (κ1) is 12.4. The number of rotatable bonds is 3. The molecule has 0 aliphatic heterocycles. The van der Waals surface area contributed by atoms with E-state index >= 15 is 0 Å². The van der Waals surface area contributed by atoms with Gasteiger partial charge in [-0.1, -0.05) is 24.6 Å². The minimum Gasteiger partial charge on any atom is -0.475 e. The SMILES string of the molecule is CCc1nc(-c2cc(C)ccc2C)oc1C(=O)O. The Bertz CT molecular complexity index is 599. The predicted molar refractivity (Wildman–Crippen MR) is 67.8 cm³/mol. The van der Waals surface area contributed by atoms with Gasteiger partial charge in [-0.2, -0.15) is 0 Å². The van der Waals surface area contributed by atoms with Crippen molar-refractivity contribution in [2.45, 2.75) is 27.2 Å². The van der Waals surface area contributed by atoms with Gasteiger partial charge < -0.3 is 9.52 Å². The number of carboxylic acids is 1. The molecule has 2 rings (SSSR count). The first-order chi connectivity index (χ1) is 8.52. The number of carboxylic acid groups (broad SMARTS) is 1. The van der Waals surface area contributed by atoms with Gasteiger partial charge in [0.25, 0.3) is 0 Å². The zero-order valence-electron chi connectivity index (χ0n) is 10.7. The van der Waals surface area contributed by atoms with Crippen LogP contribution in [0.4, 0.5) is 0 Å². The van der Waals surface area contributed by atoms with E-state index in [1.54, 1.807) is 0 Å². The number of nitrogens with zero attached hydrogens (tertiary/aromatic N) is 1. The number of oxazole rings is 1. The molecular formula is C14H15NO3. The van der Waals surface area contributed by atoms with Crippen molar-refractivity contribution in [3.8, 4) is 11.5 Å². The molecule has 4 heteroatoms. The number of hydrogen-bond acceptors (Lipinski definition) is 3. The molecule has 1 aromatic heterocycles. The Kier molecular flexibility index (Phi) is 3.19. The van der Waals surface area contributed by atoms with Crippen LogP contribution in [0.15, 0.2) is 22.6 Å². The van der Waals surface area contributed by atoms with Crippen molar-refractivity contribution in [1.82, 2.24) is 4.98 Å². The molecule has 0 spiro atoms. The molecule has 4 nitrogen and oxygen atoms in total. The maximum atomic E-state index is 11.0. The Morgan fingerprint density at radius 2 is 2.11 bits per heavy atom. The molecule has 0 atom stereocenters. The number of carbonyl (C=O) groups is 1. The summed E-state index contributed by atoms with van der Waals surface area (Å²) < 4.78 is 5.38. The van der Waals surface area contributed by atoms with E-state index < -0.39 is 5.97 Å². The zero-order valence-corrected chi connectivity index (χ0v) is 10.7. The van der Waals surface area contributed by atoms with Crippen LogP contribution in [0.1, 0.15) is 34.3 Å². The molecule has 0 radical (unpaired) electrons. The molecule has 0 saturated carbocycles. The second-order valence-electron chi connectivity index (χ2n) is 4.27. The number of benzene rings is 1. The van der Waals surface area contributed by atoms with E-state index in [2.05, 4.69) is 4.98 Å². The largest absolute Gasteiger partial charge is 0.475 e. The maximum Gasteiger partial charge on any atom is 0.373 e. The molecule has 2 aromatic rings. The van der Waals surface area contributed by atoms with Crippen molar-refractivity contribution in [3.05, 3.63) is 40.8 Å². The third-order valence-corrected chi connectivity index (χ3v) is 2.85. The standard InChI is InChI=1S/C14H15NO3/c1-4-11-12(14(16)17)18-13(15-11)10-7-8(2)5-6-9(10)3/h5-7H,4H2,1-3H3,(H,16,17). The molecule has 0 amide bonds. The van der Waals surface area contributed by atoms with E-state index in [-0.39, 0.29) is 5.76 Å². The fourth-order valence-corrected chi connectivity index (χ4v) is 1.84. The average Bonchev–Trinajstić information content (AvgIpc) is 2.76. The summed E-state index contributed by atoms with van der Waals surface area (Å²) in [5, 5.41) is 9.05. The summed E-state index contributed by atoms with van der Waals surface area (Å²) in [6, 6.07) is 5.92. The van der Waals surface area contributed by atoms with Crippen molar-refractivity contribution < 1.29 is 14.3 Å². The summed E-state index contributed by atoms with van der Waals surface area (Å²) in [5.74, 6) is -0.755. The minimum atomic E-state index is -1.07. The van der Waals surface area contributed by atoms with Crippen molar-refractivity contribution in [1.29, 1.82) is 0 Å². The number of aromatic nitrogens is 1. The molecule has 1 N–H and O–H groups in total. The average molecular weight is 245 g/mol. The lowest BCUT2D eigenvalue weighted by Gasteiger charge is -2.02.